The molecule has 110 valence electrons. The highest BCUT2D eigenvalue weighted by molar-refractivity contribution is 5.64. The van der Waals surface area contributed by atoms with Crippen molar-refractivity contribution >= 4 is 0 Å². The predicted molar refractivity (Wildman–Crippen MR) is 84.7 cm³/mol. The minimum Gasteiger partial charge on any atom is -0.498 e. The molecule has 0 spiro atoms. The van der Waals surface area contributed by atoms with E-state index in [1.807, 2.05) is 61.5 Å². The van der Waals surface area contributed by atoms with Gasteiger partial charge in [0.1, 0.15) is 24.7 Å². The molecule has 2 aromatic rings. The molecule has 0 heterocycles. The lowest BCUT2D eigenvalue weighted by atomic mass is 10.1. The van der Waals surface area contributed by atoms with Crippen LogP contribution in [-0.2, 0) is 4.74 Å². The number of allylic oxidation sites excluding steroid dienone is 1. The van der Waals surface area contributed by atoms with Gasteiger partial charge in [-0.25, -0.2) is 0 Å². The van der Waals surface area contributed by atoms with Gasteiger partial charge in [0, 0.05) is 0 Å². The van der Waals surface area contributed by atoms with Crippen molar-refractivity contribution in [3.8, 4) is 22.6 Å². The monoisotopic (exact) mass is 284 g/mol. The Hall–Kier alpha value is -2.42. The molecule has 0 unspecified atom stereocenters. The molecule has 3 nitrogen and oxygen atoms in total. The Kier molecular flexibility index (Phi) is 5.71. The normalized spacial score (nSPS) is 10.6. The highest BCUT2D eigenvalue weighted by atomic mass is 16.5. The molecule has 0 N–H and O–H groups in total. The quantitative estimate of drug-likeness (QED) is 0.560. The summed E-state index contributed by atoms with van der Waals surface area (Å²) in [5, 5.41) is 0. The third-order valence-corrected chi connectivity index (χ3v) is 2.98. The zero-order valence-electron chi connectivity index (χ0n) is 12.4. The largest absolute Gasteiger partial charge is 0.498 e. The number of rotatable bonds is 7. The van der Waals surface area contributed by atoms with Gasteiger partial charge in [0.25, 0.3) is 0 Å². The summed E-state index contributed by atoms with van der Waals surface area (Å²) in [5.41, 5.74) is 2.30. The summed E-state index contributed by atoms with van der Waals surface area (Å²) < 4.78 is 16.0. The highest BCUT2D eigenvalue weighted by Gasteiger charge is 1.99. The van der Waals surface area contributed by atoms with Crippen LogP contribution in [0, 0.1) is 0 Å². The van der Waals surface area contributed by atoms with Gasteiger partial charge in [0.15, 0.2) is 0 Å². The Morgan fingerprint density at radius 2 is 1.38 bits per heavy atom. The Balaban J connectivity index is 1.91. The first-order valence-electron chi connectivity index (χ1n) is 6.93. The van der Waals surface area contributed by atoms with Crippen molar-refractivity contribution in [2.45, 2.75) is 6.92 Å². The fraction of sp³-hybridized carbons (Fsp3) is 0.222. The van der Waals surface area contributed by atoms with Crippen LogP contribution in [0.4, 0.5) is 0 Å². The molecule has 0 saturated carbocycles. The van der Waals surface area contributed by atoms with Crippen molar-refractivity contribution < 1.29 is 14.2 Å². The summed E-state index contributed by atoms with van der Waals surface area (Å²) in [7, 11) is 1.67. The van der Waals surface area contributed by atoms with E-state index in [-0.39, 0.29) is 0 Å². The van der Waals surface area contributed by atoms with Gasteiger partial charge in [-0.2, -0.15) is 0 Å². The second kappa shape index (κ2) is 8.00. The summed E-state index contributed by atoms with van der Waals surface area (Å²) in [6.07, 6.45) is 3.51. The molecule has 0 atom stereocenters. The Labute approximate surface area is 125 Å². The van der Waals surface area contributed by atoms with E-state index in [0.29, 0.717) is 13.2 Å². The van der Waals surface area contributed by atoms with E-state index in [2.05, 4.69) is 0 Å². The summed E-state index contributed by atoms with van der Waals surface area (Å²) >= 11 is 0. The van der Waals surface area contributed by atoms with Gasteiger partial charge in [-0.05, 0) is 42.3 Å². The van der Waals surface area contributed by atoms with Crippen LogP contribution in [0.1, 0.15) is 6.92 Å². The van der Waals surface area contributed by atoms with E-state index in [4.69, 9.17) is 14.2 Å². The number of benzene rings is 2. The lowest BCUT2D eigenvalue weighted by molar-refractivity contribution is 0.179. The fourth-order valence-corrected chi connectivity index (χ4v) is 1.90. The molecule has 0 aliphatic carbocycles. The maximum absolute atomic E-state index is 5.60. The summed E-state index contributed by atoms with van der Waals surface area (Å²) in [4.78, 5) is 0. The molecule has 0 aromatic heterocycles. The molecular formula is C18H20O3. The van der Waals surface area contributed by atoms with Gasteiger partial charge in [-0.3, -0.25) is 0 Å². The van der Waals surface area contributed by atoms with E-state index in [1.54, 1.807) is 13.4 Å². The number of methoxy groups -OCH3 is 1. The van der Waals surface area contributed by atoms with Crippen LogP contribution in [0.3, 0.4) is 0 Å². The van der Waals surface area contributed by atoms with E-state index in [0.717, 1.165) is 22.6 Å². The van der Waals surface area contributed by atoms with Crippen LogP contribution < -0.4 is 9.47 Å². The van der Waals surface area contributed by atoms with Crippen molar-refractivity contribution in [3.05, 3.63) is 60.9 Å². The minimum atomic E-state index is 0.534. The summed E-state index contributed by atoms with van der Waals surface area (Å²) in [6.45, 7) is 3.00. The SMILES string of the molecule is CC=COCCOc1ccc(-c2ccc(OC)cc2)cc1. The predicted octanol–water partition coefficient (Wildman–Crippen LogP) is 4.29. The van der Waals surface area contributed by atoms with Crippen LogP contribution in [0.15, 0.2) is 60.9 Å². The average Bonchev–Trinajstić information content (AvgIpc) is 2.55. The zero-order valence-corrected chi connectivity index (χ0v) is 12.4. The van der Waals surface area contributed by atoms with E-state index in [9.17, 15) is 0 Å². The fourth-order valence-electron chi connectivity index (χ4n) is 1.90. The molecule has 2 rings (SSSR count). The first kappa shape index (κ1) is 15.0. The van der Waals surface area contributed by atoms with Crippen LogP contribution >= 0.6 is 0 Å². The second-order valence-corrected chi connectivity index (χ2v) is 4.44. The Bertz CT molecular complexity index is 556. The van der Waals surface area contributed by atoms with Crippen LogP contribution in [0.2, 0.25) is 0 Å². The Morgan fingerprint density at radius 3 is 1.90 bits per heavy atom. The second-order valence-electron chi connectivity index (χ2n) is 4.44. The van der Waals surface area contributed by atoms with Crippen LogP contribution in [0.5, 0.6) is 11.5 Å². The highest BCUT2D eigenvalue weighted by Crippen LogP contribution is 2.24. The van der Waals surface area contributed by atoms with Gasteiger partial charge in [0.05, 0.1) is 13.4 Å². The number of hydrogen-bond donors (Lipinski definition) is 0. The molecule has 0 aliphatic rings. The lowest BCUT2D eigenvalue weighted by Crippen LogP contribution is -2.03. The smallest absolute Gasteiger partial charge is 0.122 e. The van der Waals surface area contributed by atoms with Gasteiger partial charge in [-0.1, -0.05) is 30.3 Å². The molecule has 0 fully saturated rings. The molecule has 0 bridgehead atoms. The third-order valence-electron chi connectivity index (χ3n) is 2.98. The Morgan fingerprint density at radius 1 is 0.810 bits per heavy atom. The average molecular weight is 284 g/mol. The first-order chi connectivity index (χ1) is 10.3. The summed E-state index contributed by atoms with van der Waals surface area (Å²) in [5.74, 6) is 1.70. The first-order valence-corrected chi connectivity index (χ1v) is 6.93. The van der Waals surface area contributed by atoms with E-state index in [1.165, 1.54) is 0 Å². The molecule has 0 saturated heterocycles. The van der Waals surface area contributed by atoms with E-state index < -0.39 is 0 Å². The number of ether oxygens (including phenoxy) is 3. The third kappa shape index (κ3) is 4.56. The molecule has 21 heavy (non-hydrogen) atoms. The van der Waals surface area contributed by atoms with Crippen LogP contribution in [-0.4, -0.2) is 20.3 Å². The zero-order chi connectivity index (χ0) is 14.9. The van der Waals surface area contributed by atoms with Gasteiger partial charge in [0.2, 0.25) is 0 Å². The molecule has 0 amide bonds. The van der Waals surface area contributed by atoms with Crippen LogP contribution in [0.25, 0.3) is 11.1 Å². The maximum Gasteiger partial charge on any atom is 0.122 e. The van der Waals surface area contributed by atoms with Crippen molar-refractivity contribution in [1.82, 2.24) is 0 Å². The minimum absolute atomic E-state index is 0.534. The van der Waals surface area contributed by atoms with E-state index >= 15 is 0 Å². The standard InChI is InChI=1S/C18H20O3/c1-3-12-20-13-14-21-18-10-6-16(7-11-18)15-4-8-17(19-2)9-5-15/h3-12H,13-14H2,1-2H3. The molecule has 3 heteroatoms. The molecular weight excluding hydrogens is 264 g/mol. The topological polar surface area (TPSA) is 27.7 Å². The lowest BCUT2D eigenvalue weighted by Gasteiger charge is -2.08. The molecule has 0 aliphatic heterocycles. The molecule has 0 radical (unpaired) electrons. The van der Waals surface area contributed by atoms with Gasteiger partial charge in [-0.15, -0.1) is 0 Å². The number of hydrogen-bond acceptors (Lipinski definition) is 3. The van der Waals surface area contributed by atoms with Gasteiger partial charge < -0.3 is 14.2 Å². The van der Waals surface area contributed by atoms with Crippen molar-refractivity contribution in [3.63, 3.8) is 0 Å². The maximum atomic E-state index is 5.60. The van der Waals surface area contributed by atoms with Gasteiger partial charge >= 0.3 is 0 Å². The molecule has 2 aromatic carbocycles. The summed E-state index contributed by atoms with van der Waals surface area (Å²) in [6, 6.07) is 16.0. The van der Waals surface area contributed by atoms with Crippen molar-refractivity contribution in [1.29, 1.82) is 0 Å². The van der Waals surface area contributed by atoms with Crippen molar-refractivity contribution in [2.75, 3.05) is 20.3 Å². The van der Waals surface area contributed by atoms with Crippen molar-refractivity contribution in [2.24, 2.45) is 0 Å².